The third kappa shape index (κ3) is 3.63. The van der Waals surface area contributed by atoms with Gasteiger partial charge in [-0.15, -0.1) is 0 Å². The zero-order valence-corrected chi connectivity index (χ0v) is 17.0. The first-order chi connectivity index (χ1) is 13.4. The average molecular weight is 385 g/mol. The summed E-state index contributed by atoms with van der Waals surface area (Å²) in [5.41, 5.74) is 2.73. The van der Waals surface area contributed by atoms with Gasteiger partial charge < -0.3 is 19.5 Å². The van der Waals surface area contributed by atoms with Crippen molar-refractivity contribution in [2.24, 2.45) is 5.92 Å². The molecular formula is C22H27NO5. The lowest BCUT2D eigenvalue weighted by atomic mass is 9.70. The van der Waals surface area contributed by atoms with Crippen LogP contribution in [0.15, 0.2) is 41.2 Å². The predicted molar refractivity (Wildman–Crippen MR) is 105 cm³/mol. The SMILES string of the molecule is COc1ccc(OC)c(C2C(C(=O)OC(C)C)=C(C)NC3=CCCC(=O)C32)c1. The molecule has 1 aromatic carbocycles. The molecule has 2 unspecified atom stereocenters. The van der Waals surface area contributed by atoms with Crippen LogP contribution < -0.4 is 14.8 Å². The normalized spacial score (nSPS) is 21.6. The van der Waals surface area contributed by atoms with E-state index in [1.165, 1.54) is 0 Å². The van der Waals surface area contributed by atoms with Gasteiger partial charge in [0, 0.05) is 29.3 Å². The molecule has 1 aromatic rings. The van der Waals surface area contributed by atoms with Gasteiger partial charge in [0.05, 0.1) is 31.8 Å². The van der Waals surface area contributed by atoms with E-state index in [2.05, 4.69) is 5.32 Å². The number of carbonyl (C=O) groups is 2. The molecule has 1 N–H and O–H groups in total. The van der Waals surface area contributed by atoms with Crippen LogP contribution in [0.2, 0.25) is 0 Å². The quantitative estimate of drug-likeness (QED) is 0.783. The van der Waals surface area contributed by atoms with Gasteiger partial charge in [-0.05, 0) is 45.4 Å². The maximum atomic E-state index is 13.0. The summed E-state index contributed by atoms with van der Waals surface area (Å²) in [5.74, 6) is -0.0651. The molecule has 0 amide bonds. The molecule has 0 radical (unpaired) electrons. The van der Waals surface area contributed by atoms with Crippen molar-refractivity contribution in [3.63, 3.8) is 0 Å². The van der Waals surface area contributed by atoms with E-state index in [9.17, 15) is 9.59 Å². The topological polar surface area (TPSA) is 73.9 Å². The van der Waals surface area contributed by atoms with Crippen LogP contribution >= 0.6 is 0 Å². The highest BCUT2D eigenvalue weighted by molar-refractivity contribution is 5.96. The van der Waals surface area contributed by atoms with Gasteiger partial charge in [0.2, 0.25) is 0 Å². The van der Waals surface area contributed by atoms with Crippen molar-refractivity contribution in [1.82, 2.24) is 5.32 Å². The molecule has 2 aliphatic rings. The first kappa shape index (κ1) is 20.0. The number of hydrogen-bond donors (Lipinski definition) is 1. The summed E-state index contributed by atoms with van der Waals surface area (Å²) in [7, 11) is 3.16. The molecule has 6 nitrogen and oxygen atoms in total. The van der Waals surface area contributed by atoms with E-state index < -0.39 is 17.8 Å². The Bertz CT molecular complexity index is 852. The Hall–Kier alpha value is -2.76. The molecule has 28 heavy (non-hydrogen) atoms. The highest BCUT2D eigenvalue weighted by Crippen LogP contribution is 2.47. The number of benzene rings is 1. The fourth-order valence-corrected chi connectivity index (χ4v) is 3.98. The van der Waals surface area contributed by atoms with E-state index in [1.54, 1.807) is 26.4 Å². The number of ketones is 1. The number of rotatable bonds is 5. The Kier molecular flexibility index (Phi) is 5.77. The highest BCUT2D eigenvalue weighted by atomic mass is 16.5. The number of hydrogen-bond acceptors (Lipinski definition) is 6. The smallest absolute Gasteiger partial charge is 0.336 e. The summed E-state index contributed by atoms with van der Waals surface area (Å²) in [5, 5.41) is 3.27. The Morgan fingerprint density at radius 2 is 1.93 bits per heavy atom. The van der Waals surface area contributed by atoms with Crippen LogP contribution in [0.4, 0.5) is 0 Å². The summed E-state index contributed by atoms with van der Waals surface area (Å²) in [4.78, 5) is 26.0. The second-order valence-corrected chi connectivity index (χ2v) is 7.35. The molecule has 6 heteroatoms. The first-order valence-electron chi connectivity index (χ1n) is 9.50. The number of ether oxygens (including phenoxy) is 3. The Morgan fingerprint density at radius 3 is 2.57 bits per heavy atom. The number of fused-ring (bicyclic) bond motifs is 1. The Labute approximate surface area is 165 Å². The van der Waals surface area contributed by atoms with Crippen LogP contribution in [0.5, 0.6) is 11.5 Å². The molecule has 150 valence electrons. The standard InChI is InChI=1S/C22H27NO5/c1-12(2)28-22(25)19-13(3)23-16-7-6-8-17(24)21(16)20(19)15-11-14(26-4)9-10-18(15)27-5/h7,9-12,20-21,23H,6,8H2,1-5H3. The van der Waals surface area contributed by atoms with Crippen molar-refractivity contribution in [3.05, 3.63) is 46.8 Å². The molecule has 1 heterocycles. The predicted octanol–water partition coefficient (Wildman–Crippen LogP) is 3.48. The van der Waals surface area contributed by atoms with E-state index in [0.29, 0.717) is 35.6 Å². The Balaban J connectivity index is 2.23. The molecule has 3 rings (SSSR count). The van der Waals surface area contributed by atoms with Gasteiger partial charge in [-0.25, -0.2) is 4.79 Å². The van der Waals surface area contributed by atoms with E-state index in [4.69, 9.17) is 14.2 Å². The van der Waals surface area contributed by atoms with Crippen LogP contribution in [0, 0.1) is 5.92 Å². The van der Waals surface area contributed by atoms with Gasteiger partial charge in [0.15, 0.2) is 0 Å². The third-order valence-corrected chi connectivity index (χ3v) is 5.15. The maximum absolute atomic E-state index is 13.0. The number of methoxy groups -OCH3 is 2. The van der Waals surface area contributed by atoms with Gasteiger partial charge in [-0.1, -0.05) is 6.08 Å². The third-order valence-electron chi connectivity index (χ3n) is 5.15. The maximum Gasteiger partial charge on any atom is 0.336 e. The average Bonchev–Trinajstić information content (AvgIpc) is 2.65. The molecule has 0 spiro atoms. The van der Waals surface area contributed by atoms with Gasteiger partial charge >= 0.3 is 5.97 Å². The largest absolute Gasteiger partial charge is 0.497 e. The summed E-state index contributed by atoms with van der Waals surface area (Å²) < 4.78 is 16.5. The second kappa shape index (κ2) is 8.09. The van der Waals surface area contributed by atoms with Crippen molar-refractivity contribution in [3.8, 4) is 11.5 Å². The summed E-state index contributed by atoms with van der Waals surface area (Å²) in [6, 6.07) is 5.43. The molecular weight excluding hydrogens is 358 g/mol. The summed E-state index contributed by atoms with van der Waals surface area (Å²) in [6.45, 7) is 5.46. The minimum atomic E-state index is -0.503. The summed E-state index contributed by atoms with van der Waals surface area (Å²) in [6.07, 6.45) is 2.92. The fourth-order valence-electron chi connectivity index (χ4n) is 3.98. The molecule has 0 saturated carbocycles. The van der Waals surface area contributed by atoms with Crippen LogP contribution in [-0.4, -0.2) is 32.1 Å². The zero-order valence-electron chi connectivity index (χ0n) is 17.0. The molecule has 0 saturated heterocycles. The zero-order chi connectivity index (χ0) is 20.4. The molecule has 1 aliphatic carbocycles. The minimum Gasteiger partial charge on any atom is -0.497 e. The number of esters is 1. The lowest BCUT2D eigenvalue weighted by Crippen LogP contribution is -2.41. The van der Waals surface area contributed by atoms with E-state index >= 15 is 0 Å². The van der Waals surface area contributed by atoms with E-state index in [0.717, 1.165) is 11.3 Å². The van der Waals surface area contributed by atoms with Crippen LogP contribution in [0.3, 0.4) is 0 Å². The van der Waals surface area contributed by atoms with Crippen molar-refractivity contribution < 1.29 is 23.8 Å². The molecule has 1 aliphatic heterocycles. The fraction of sp³-hybridized carbons (Fsp3) is 0.455. The van der Waals surface area contributed by atoms with Crippen LogP contribution in [0.25, 0.3) is 0 Å². The van der Waals surface area contributed by atoms with Crippen molar-refractivity contribution >= 4 is 11.8 Å². The number of Topliss-reactive ketones (excluding diaryl/α,β-unsaturated/α-hetero) is 1. The molecule has 0 aromatic heterocycles. The van der Waals surface area contributed by atoms with E-state index in [1.807, 2.05) is 32.9 Å². The van der Waals surface area contributed by atoms with Gasteiger partial charge in [0.1, 0.15) is 17.3 Å². The van der Waals surface area contributed by atoms with Crippen LogP contribution in [0.1, 0.15) is 45.1 Å². The first-order valence-corrected chi connectivity index (χ1v) is 9.50. The lowest BCUT2D eigenvalue weighted by Gasteiger charge is -2.38. The lowest BCUT2D eigenvalue weighted by molar-refractivity contribution is -0.143. The highest BCUT2D eigenvalue weighted by Gasteiger charge is 2.44. The van der Waals surface area contributed by atoms with Crippen LogP contribution in [-0.2, 0) is 14.3 Å². The molecule has 0 fully saturated rings. The number of allylic oxidation sites excluding steroid dienone is 3. The molecule has 0 bridgehead atoms. The molecule has 2 atom stereocenters. The van der Waals surface area contributed by atoms with Gasteiger partial charge in [-0.2, -0.15) is 0 Å². The van der Waals surface area contributed by atoms with Crippen molar-refractivity contribution in [2.45, 2.75) is 45.6 Å². The van der Waals surface area contributed by atoms with Gasteiger partial charge in [0.25, 0.3) is 0 Å². The van der Waals surface area contributed by atoms with E-state index in [-0.39, 0.29) is 11.9 Å². The van der Waals surface area contributed by atoms with Crippen molar-refractivity contribution in [2.75, 3.05) is 14.2 Å². The monoisotopic (exact) mass is 385 g/mol. The number of nitrogens with one attached hydrogen (secondary N) is 1. The number of carbonyl (C=O) groups excluding carboxylic acids is 2. The minimum absolute atomic E-state index is 0.0993. The Morgan fingerprint density at radius 1 is 1.18 bits per heavy atom. The summed E-state index contributed by atoms with van der Waals surface area (Å²) >= 11 is 0. The van der Waals surface area contributed by atoms with Crippen molar-refractivity contribution in [1.29, 1.82) is 0 Å². The second-order valence-electron chi connectivity index (χ2n) is 7.35. The van der Waals surface area contributed by atoms with Gasteiger partial charge in [-0.3, -0.25) is 4.79 Å².